The number of nitrogens with zero attached hydrogens (tertiary/aromatic N) is 1. The number of benzene rings is 3. The Kier molecular flexibility index (Phi) is 4.45. The summed E-state index contributed by atoms with van der Waals surface area (Å²) in [6.07, 6.45) is 3.26. The molecule has 0 unspecified atom stereocenters. The van der Waals surface area contributed by atoms with Crippen molar-refractivity contribution in [2.24, 2.45) is 0 Å². The molecule has 1 nitrogen and oxygen atoms in total. The summed E-state index contributed by atoms with van der Waals surface area (Å²) < 4.78 is 2.41. The summed E-state index contributed by atoms with van der Waals surface area (Å²) in [5.74, 6) is 0. The number of aryl methyl sites for hydroxylation is 1. The SMILES string of the molecule is CC/C(=C\c1ccccc1)n1c(-c2ccc(C)cc2)cc2ccccc21. The molecule has 0 spiro atoms. The lowest BCUT2D eigenvalue weighted by atomic mass is 10.1. The molecule has 0 aliphatic carbocycles. The molecule has 0 bridgehead atoms. The van der Waals surface area contributed by atoms with E-state index in [1.807, 2.05) is 0 Å². The van der Waals surface area contributed by atoms with E-state index in [1.54, 1.807) is 0 Å². The van der Waals surface area contributed by atoms with Crippen molar-refractivity contribution >= 4 is 22.7 Å². The van der Waals surface area contributed by atoms with Crippen LogP contribution in [0.1, 0.15) is 24.5 Å². The zero-order chi connectivity index (χ0) is 17.9. The molecule has 0 radical (unpaired) electrons. The third kappa shape index (κ3) is 3.09. The van der Waals surface area contributed by atoms with Gasteiger partial charge in [-0.15, -0.1) is 0 Å². The first-order chi connectivity index (χ1) is 12.8. The summed E-state index contributed by atoms with van der Waals surface area (Å²) in [5.41, 5.74) is 7.57. The molecule has 0 N–H and O–H groups in total. The summed E-state index contributed by atoms with van der Waals surface area (Å²) in [6.45, 7) is 4.36. The summed E-state index contributed by atoms with van der Waals surface area (Å²) in [6, 6.07) is 30.3. The number of hydrogen-bond donors (Lipinski definition) is 0. The molecule has 1 heteroatoms. The molecule has 0 aliphatic rings. The van der Waals surface area contributed by atoms with Gasteiger partial charge >= 0.3 is 0 Å². The van der Waals surface area contributed by atoms with Gasteiger partial charge in [0.25, 0.3) is 0 Å². The Morgan fingerprint density at radius 2 is 1.54 bits per heavy atom. The van der Waals surface area contributed by atoms with Crippen molar-refractivity contribution in [2.75, 3.05) is 0 Å². The normalized spacial score (nSPS) is 11.8. The van der Waals surface area contributed by atoms with Crippen LogP contribution in [0.25, 0.3) is 33.9 Å². The molecular weight excluding hydrogens is 314 g/mol. The van der Waals surface area contributed by atoms with Crippen LogP contribution in [0.2, 0.25) is 0 Å². The van der Waals surface area contributed by atoms with Gasteiger partial charge in [-0.25, -0.2) is 0 Å². The molecule has 26 heavy (non-hydrogen) atoms. The fourth-order valence-electron chi connectivity index (χ4n) is 3.47. The van der Waals surface area contributed by atoms with Crippen molar-refractivity contribution in [3.8, 4) is 11.3 Å². The highest BCUT2D eigenvalue weighted by atomic mass is 15.0. The molecule has 0 saturated heterocycles. The maximum atomic E-state index is 2.41. The number of hydrogen-bond acceptors (Lipinski definition) is 0. The van der Waals surface area contributed by atoms with Crippen LogP contribution >= 0.6 is 0 Å². The quantitative estimate of drug-likeness (QED) is 0.377. The molecule has 128 valence electrons. The van der Waals surface area contributed by atoms with E-state index in [0.717, 1.165) is 6.42 Å². The minimum Gasteiger partial charge on any atom is -0.313 e. The number of para-hydroxylation sites is 1. The Bertz CT molecular complexity index is 1050. The summed E-state index contributed by atoms with van der Waals surface area (Å²) in [4.78, 5) is 0. The minimum atomic E-state index is 0.965. The summed E-state index contributed by atoms with van der Waals surface area (Å²) in [7, 11) is 0. The van der Waals surface area contributed by atoms with Gasteiger partial charge in [0.15, 0.2) is 0 Å². The van der Waals surface area contributed by atoms with E-state index in [1.165, 1.54) is 39.0 Å². The lowest BCUT2D eigenvalue weighted by molar-refractivity contribution is 1.06. The van der Waals surface area contributed by atoms with E-state index in [2.05, 4.69) is 109 Å². The molecule has 0 atom stereocenters. The Balaban J connectivity index is 1.96. The van der Waals surface area contributed by atoms with Crippen LogP contribution in [-0.4, -0.2) is 4.57 Å². The zero-order valence-electron chi connectivity index (χ0n) is 15.3. The lowest BCUT2D eigenvalue weighted by Gasteiger charge is -2.14. The second-order valence-electron chi connectivity index (χ2n) is 6.69. The van der Waals surface area contributed by atoms with E-state index >= 15 is 0 Å². The summed E-state index contributed by atoms with van der Waals surface area (Å²) >= 11 is 0. The Labute approximate surface area is 155 Å². The molecular formula is C25H23N. The van der Waals surface area contributed by atoms with Crippen molar-refractivity contribution in [3.05, 3.63) is 96.1 Å². The van der Waals surface area contributed by atoms with Crippen molar-refractivity contribution in [1.29, 1.82) is 0 Å². The van der Waals surface area contributed by atoms with Crippen LogP contribution in [0.5, 0.6) is 0 Å². The van der Waals surface area contributed by atoms with E-state index in [0.29, 0.717) is 0 Å². The smallest absolute Gasteiger partial charge is 0.0537 e. The molecule has 1 heterocycles. The van der Waals surface area contributed by atoms with Gasteiger partial charge in [0.1, 0.15) is 0 Å². The van der Waals surface area contributed by atoms with E-state index in [9.17, 15) is 0 Å². The highest BCUT2D eigenvalue weighted by Crippen LogP contribution is 2.33. The molecule has 0 amide bonds. The third-order valence-corrected chi connectivity index (χ3v) is 4.84. The first-order valence-electron chi connectivity index (χ1n) is 9.20. The molecule has 1 aromatic heterocycles. The Morgan fingerprint density at radius 3 is 2.27 bits per heavy atom. The number of aromatic nitrogens is 1. The average Bonchev–Trinajstić information content (AvgIpc) is 3.07. The number of allylic oxidation sites excluding steroid dienone is 1. The van der Waals surface area contributed by atoms with Gasteiger partial charge in [-0.05, 0) is 42.7 Å². The second-order valence-corrected chi connectivity index (χ2v) is 6.69. The first-order valence-corrected chi connectivity index (χ1v) is 9.20. The molecule has 0 saturated carbocycles. The van der Waals surface area contributed by atoms with Gasteiger partial charge in [0, 0.05) is 11.1 Å². The number of rotatable bonds is 4. The van der Waals surface area contributed by atoms with Crippen LogP contribution in [0.15, 0.2) is 84.9 Å². The Morgan fingerprint density at radius 1 is 0.846 bits per heavy atom. The average molecular weight is 337 g/mol. The van der Waals surface area contributed by atoms with Crippen molar-refractivity contribution < 1.29 is 0 Å². The van der Waals surface area contributed by atoms with Crippen LogP contribution < -0.4 is 0 Å². The maximum Gasteiger partial charge on any atom is 0.0537 e. The van der Waals surface area contributed by atoms with Crippen LogP contribution in [0.4, 0.5) is 0 Å². The van der Waals surface area contributed by atoms with Gasteiger partial charge in [-0.3, -0.25) is 0 Å². The standard InChI is InChI=1S/C25H23N/c1-3-23(17-20-9-5-4-6-10-20)26-24-12-8-7-11-22(24)18-25(26)21-15-13-19(2)14-16-21/h4-18H,3H2,1-2H3/b23-17+. The van der Waals surface area contributed by atoms with Gasteiger partial charge in [-0.1, -0.05) is 85.3 Å². The molecule has 0 aliphatic heterocycles. The molecule has 4 aromatic rings. The van der Waals surface area contributed by atoms with E-state index in [4.69, 9.17) is 0 Å². The third-order valence-electron chi connectivity index (χ3n) is 4.84. The topological polar surface area (TPSA) is 4.93 Å². The van der Waals surface area contributed by atoms with Crippen molar-refractivity contribution in [1.82, 2.24) is 4.57 Å². The van der Waals surface area contributed by atoms with Crippen LogP contribution in [-0.2, 0) is 0 Å². The second kappa shape index (κ2) is 7.05. The highest BCUT2D eigenvalue weighted by molar-refractivity contribution is 5.92. The maximum absolute atomic E-state index is 2.41. The molecule has 0 fully saturated rings. The van der Waals surface area contributed by atoms with Crippen molar-refractivity contribution in [3.63, 3.8) is 0 Å². The Hall–Kier alpha value is -3.06. The van der Waals surface area contributed by atoms with Crippen LogP contribution in [0, 0.1) is 6.92 Å². The molecule has 3 aromatic carbocycles. The fourth-order valence-corrected chi connectivity index (χ4v) is 3.47. The predicted octanol–water partition coefficient (Wildman–Crippen LogP) is 7.02. The minimum absolute atomic E-state index is 0.965. The molecule has 4 rings (SSSR count). The van der Waals surface area contributed by atoms with Gasteiger partial charge in [0.05, 0.1) is 11.2 Å². The van der Waals surface area contributed by atoms with Crippen LogP contribution in [0.3, 0.4) is 0 Å². The highest BCUT2D eigenvalue weighted by Gasteiger charge is 2.13. The van der Waals surface area contributed by atoms with E-state index in [-0.39, 0.29) is 0 Å². The number of fused-ring (bicyclic) bond motifs is 1. The van der Waals surface area contributed by atoms with Gasteiger partial charge in [-0.2, -0.15) is 0 Å². The van der Waals surface area contributed by atoms with E-state index < -0.39 is 0 Å². The van der Waals surface area contributed by atoms with Crippen molar-refractivity contribution in [2.45, 2.75) is 20.3 Å². The largest absolute Gasteiger partial charge is 0.313 e. The predicted molar refractivity (Wildman–Crippen MR) is 113 cm³/mol. The van der Waals surface area contributed by atoms with Gasteiger partial charge in [0.2, 0.25) is 0 Å². The first kappa shape index (κ1) is 16.4. The van der Waals surface area contributed by atoms with Gasteiger partial charge < -0.3 is 4.57 Å². The monoisotopic (exact) mass is 337 g/mol. The lowest BCUT2D eigenvalue weighted by Crippen LogP contribution is -1.99. The summed E-state index contributed by atoms with van der Waals surface area (Å²) in [5, 5.41) is 1.27. The fraction of sp³-hybridized carbons (Fsp3) is 0.120. The zero-order valence-corrected chi connectivity index (χ0v) is 15.3.